The molecule has 1 unspecified atom stereocenters. The van der Waals surface area contributed by atoms with Crippen LogP contribution in [0.25, 0.3) is 0 Å². The van der Waals surface area contributed by atoms with Crippen LogP contribution >= 0.6 is 0 Å². The normalized spacial score (nSPS) is 12.2. The third kappa shape index (κ3) is 5.72. The average Bonchev–Trinajstić information content (AvgIpc) is 2.49. The van der Waals surface area contributed by atoms with Crippen LogP contribution in [-0.2, 0) is 11.2 Å². The monoisotopic (exact) mass is 278 g/mol. The standard InChI is InChI=1S/C16H26N2O2/c1-18(10-6-3-7-11-19)16(20)15(13-17)12-14-8-4-2-5-9-14/h2,4-5,8-9,15,19H,3,6-7,10-13,17H2,1H3. The number of unbranched alkanes of at least 4 members (excludes halogenated alkanes) is 2. The Hall–Kier alpha value is -1.39. The van der Waals surface area contributed by atoms with Crippen LogP contribution in [0.15, 0.2) is 30.3 Å². The molecule has 20 heavy (non-hydrogen) atoms. The first-order valence-corrected chi connectivity index (χ1v) is 7.29. The van der Waals surface area contributed by atoms with E-state index < -0.39 is 0 Å². The molecule has 0 spiro atoms. The number of amides is 1. The second kappa shape index (κ2) is 9.50. The Labute approximate surface area is 121 Å². The first kappa shape index (κ1) is 16.7. The predicted octanol–water partition coefficient (Wildman–Crippen LogP) is 1.43. The third-order valence-electron chi connectivity index (χ3n) is 3.49. The Morgan fingerprint density at radius 3 is 2.55 bits per heavy atom. The number of nitrogens with zero attached hydrogens (tertiary/aromatic N) is 1. The van der Waals surface area contributed by atoms with Gasteiger partial charge in [0.15, 0.2) is 0 Å². The lowest BCUT2D eigenvalue weighted by atomic mass is 9.98. The van der Waals surface area contributed by atoms with Crippen LogP contribution in [0.4, 0.5) is 0 Å². The molecule has 4 nitrogen and oxygen atoms in total. The molecular formula is C16H26N2O2. The second-order valence-corrected chi connectivity index (χ2v) is 5.17. The summed E-state index contributed by atoms with van der Waals surface area (Å²) in [5.41, 5.74) is 6.90. The molecule has 0 bridgehead atoms. The molecule has 1 atom stereocenters. The van der Waals surface area contributed by atoms with Crippen LogP contribution < -0.4 is 5.73 Å². The minimum atomic E-state index is -0.153. The van der Waals surface area contributed by atoms with Gasteiger partial charge in [0.2, 0.25) is 5.91 Å². The second-order valence-electron chi connectivity index (χ2n) is 5.17. The van der Waals surface area contributed by atoms with Gasteiger partial charge in [0.25, 0.3) is 0 Å². The van der Waals surface area contributed by atoms with E-state index in [4.69, 9.17) is 10.8 Å². The van der Waals surface area contributed by atoms with Crippen molar-refractivity contribution in [3.8, 4) is 0 Å². The maximum Gasteiger partial charge on any atom is 0.227 e. The first-order chi connectivity index (χ1) is 9.69. The van der Waals surface area contributed by atoms with E-state index in [-0.39, 0.29) is 18.4 Å². The molecule has 0 saturated heterocycles. The summed E-state index contributed by atoms with van der Waals surface area (Å²) in [4.78, 5) is 14.1. The van der Waals surface area contributed by atoms with E-state index in [0.29, 0.717) is 13.0 Å². The Bertz CT molecular complexity index is 381. The number of benzene rings is 1. The summed E-state index contributed by atoms with van der Waals surface area (Å²) in [6, 6.07) is 9.97. The molecule has 0 aliphatic rings. The lowest BCUT2D eigenvalue weighted by molar-refractivity contribution is -0.133. The predicted molar refractivity (Wildman–Crippen MR) is 81.3 cm³/mol. The minimum absolute atomic E-state index is 0.111. The number of hydrogen-bond acceptors (Lipinski definition) is 3. The molecule has 1 aromatic rings. The third-order valence-corrected chi connectivity index (χ3v) is 3.49. The summed E-state index contributed by atoms with van der Waals surface area (Å²) in [6.45, 7) is 1.32. The molecule has 0 aromatic heterocycles. The van der Waals surface area contributed by atoms with Gasteiger partial charge < -0.3 is 15.7 Å². The Morgan fingerprint density at radius 1 is 1.25 bits per heavy atom. The summed E-state index contributed by atoms with van der Waals surface area (Å²) in [6.07, 6.45) is 3.36. The summed E-state index contributed by atoms with van der Waals surface area (Å²) in [5, 5.41) is 8.73. The van der Waals surface area contributed by atoms with Gasteiger partial charge in [-0.25, -0.2) is 0 Å². The van der Waals surface area contributed by atoms with E-state index in [9.17, 15) is 4.79 Å². The maximum absolute atomic E-state index is 12.3. The molecule has 0 fully saturated rings. The average molecular weight is 278 g/mol. The fraction of sp³-hybridized carbons (Fsp3) is 0.562. The molecule has 0 heterocycles. The zero-order chi connectivity index (χ0) is 14.8. The van der Waals surface area contributed by atoms with Crippen molar-refractivity contribution >= 4 is 5.91 Å². The van der Waals surface area contributed by atoms with Crippen LogP contribution in [0, 0.1) is 5.92 Å². The molecule has 0 aliphatic carbocycles. The van der Waals surface area contributed by atoms with Crippen molar-refractivity contribution in [1.82, 2.24) is 4.90 Å². The summed E-state index contributed by atoms with van der Waals surface area (Å²) in [5.74, 6) is -0.0411. The van der Waals surface area contributed by atoms with Crippen LogP contribution in [0.5, 0.6) is 0 Å². The van der Waals surface area contributed by atoms with Crippen molar-refractivity contribution in [2.45, 2.75) is 25.7 Å². The van der Waals surface area contributed by atoms with E-state index in [0.717, 1.165) is 31.4 Å². The van der Waals surface area contributed by atoms with E-state index in [1.807, 2.05) is 37.4 Å². The highest BCUT2D eigenvalue weighted by Gasteiger charge is 2.20. The molecule has 1 rings (SSSR count). The van der Waals surface area contributed by atoms with E-state index in [2.05, 4.69) is 0 Å². The molecule has 3 N–H and O–H groups in total. The zero-order valence-electron chi connectivity index (χ0n) is 12.3. The first-order valence-electron chi connectivity index (χ1n) is 7.29. The minimum Gasteiger partial charge on any atom is -0.396 e. The van der Waals surface area contributed by atoms with Crippen molar-refractivity contribution in [1.29, 1.82) is 0 Å². The summed E-state index contributed by atoms with van der Waals surface area (Å²) < 4.78 is 0. The topological polar surface area (TPSA) is 66.6 Å². The van der Waals surface area contributed by atoms with E-state index in [1.165, 1.54) is 0 Å². The Balaban J connectivity index is 2.45. The molecule has 0 radical (unpaired) electrons. The quantitative estimate of drug-likeness (QED) is 0.671. The lowest BCUT2D eigenvalue weighted by Gasteiger charge is -2.23. The van der Waals surface area contributed by atoms with E-state index >= 15 is 0 Å². The molecular weight excluding hydrogens is 252 g/mol. The molecule has 1 aromatic carbocycles. The van der Waals surface area contributed by atoms with Gasteiger partial charge in [0.05, 0.1) is 5.92 Å². The fourth-order valence-corrected chi connectivity index (χ4v) is 2.23. The smallest absolute Gasteiger partial charge is 0.227 e. The molecule has 0 saturated carbocycles. The summed E-state index contributed by atoms with van der Waals surface area (Å²) in [7, 11) is 1.83. The van der Waals surface area contributed by atoms with Gasteiger partial charge in [0, 0.05) is 26.7 Å². The van der Waals surface area contributed by atoms with Crippen LogP contribution in [0.1, 0.15) is 24.8 Å². The van der Waals surface area contributed by atoms with Crippen molar-refractivity contribution < 1.29 is 9.90 Å². The van der Waals surface area contributed by atoms with Crippen LogP contribution in [0.3, 0.4) is 0 Å². The number of nitrogens with two attached hydrogens (primary N) is 1. The largest absolute Gasteiger partial charge is 0.396 e. The zero-order valence-corrected chi connectivity index (χ0v) is 12.3. The maximum atomic E-state index is 12.3. The van der Waals surface area contributed by atoms with Crippen molar-refractivity contribution in [2.75, 3.05) is 26.7 Å². The van der Waals surface area contributed by atoms with Gasteiger partial charge in [-0.15, -0.1) is 0 Å². The van der Waals surface area contributed by atoms with Gasteiger partial charge in [-0.3, -0.25) is 4.79 Å². The van der Waals surface area contributed by atoms with Gasteiger partial charge in [-0.2, -0.15) is 0 Å². The van der Waals surface area contributed by atoms with Crippen LogP contribution in [0.2, 0.25) is 0 Å². The number of aliphatic hydroxyl groups excluding tert-OH is 1. The van der Waals surface area contributed by atoms with Gasteiger partial charge in [-0.05, 0) is 31.2 Å². The van der Waals surface area contributed by atoms with Gasteiger partial charge in [0.1, 0.15) is 0 Å². The van der Waals surface area contributed by atoms with E-state index in [1.54, 1.807) is 4.90 Å². The SMILES string of the molecule is CN(CCCCCO)C(=O)C(CN)Cc1ccccc1. The molecule has 0 aliphatic heterocycles. The number of carbonyl (C=O) groups is 1. The number of aliphatic hydroxyl groups is 1. The highest BCUT2D eigenvalue weighted by molar-refractivity contribution is 5.79. The fourth-order valence-electron chi connectivity index (χ4n) is 2.23. The highest BCUT2D eigenvalue weighted by Crippen LogP contribution is 2.11. The van der Waals surface area contributed by atoms with Crippen molar-refractivity contribution in [3.63, 3.8) is 0 Å². The number of rotatable bonds is 9. The Kier molecular flexibility index (Phi) is 7.92. The summed E-state index contributed by atoms with van der Waals surface area (Å²) >= 11 is 0. The van der Waals surface area contributed by atoms with Crippen molar-refractivity contribution in [2.24, 2.45) is 11.7 Å². The molecule has 4 heteroatoms. The number of carbonyl (C=O) groups excluding carboxylic acids is 1. The lowest BCUT2D eigenvalue weighted by Crippen LogP contribution is -2.38. The number of hydrogen-bond donors (Lipinski definition) is 2. The highest BCUT2D eigenvalue weighted by atomic mass is 16.2. The van der Waals surface area contributed by atoms with Crippen molar-refractivity contribution in [3.05, 3.63) is 35.9 Å². The van der Waals surface area contributed by atoms with Gasteiger partial charge >= 0.3 is 0 Å². The Morgan fingerprint density at radius 2 is 1.95 bits per heavy atom. The molecule has 112 valence electrons. The van der Waals surface area contributed by atoms with Crippen LogP contribution in [-0.4, -0.2) is 42.7 Å². The van der Waals surface area contributed by atoms with Gasteiger partial charge in [-0.1, -0.05) is 30.3 Å². The molecule has 1 amide bonds.